The molecule has 0 N–H and O–H groups in total. The van der Waals surface area contributed by atoms with Crippen LogP contribution in [0.3, 0.4) is 0 Å². The van der Waals surface area contributed by atoms with Gasteiger partial charge in [-0.3, -0.25) is 0 Å². The van der Waals surface area contributed by atoms with E-state index in [1.165, 1.54) is 27.8 Å². The zero-order chi connectivity index (χ0) is 53.6. The van der Waals surface area contributed by atoms with Gasteiger partial charge in [-0.2, -0.15) is 0 Å². The molecular formula is C73H49BN2. The lowest BCUT2D eigenvalue weighted by Gasteiger charge is -2.46. The highest BCUT2D eigenvalue weighted by Crippen LogP contribution is 2.58. The minimum absolute atomic E-state index is 0.292. The van der Waals surface area contributed by atoms with Crippen LogP contribution in [-0.4, -0.2) is 6.71 Å². The van der Waals surface area contributed by atoms with Gasteiger partial charge >= 0.3 is 0 Å². The summed E-state index contributed by atoms with van der Waals surface area (Å²) in [5.74, 6) is 0. The molecular weight excluding hydrogens is 916 g/mol. The highest BCUT2D eigenvalue weighted by atomic mass is 15.2. The van der Waals surface area contributed by atoms with Crippen molar-refractivity contribution in [2.24, 2.45) is 0 Å². The van der Waals surface area contributed by atoms with E-state index >= 15 is 0 Å². The second-order valence-corrected chi connectivity index (χ2v) is 20.1. The van der Waals surface area contributed by atoms with Gasteiger partial charge in [-0.15, -0.1) is 0 Å². The molecule has 3 heteroatoms. The van der Waals surface area contributed by atoms with Crippen molar-refractivity contribution in [3.8, 4) is 55.6 Å². The van der Waals surface area contributed by atoms with E-state index in [2.05, 4.69) is 246 Å². The van der Waals surface area contributed by atoms with Gasteiger partial charge in [0.05, 0.1) is 10.9 Å². The third kappa shape index (κ3) is 6.83. The summed E-state index contributed by atoms with van der Waals surface area (Å²) >= 11 is 0. The number of hydrogen-bond acceptors (Lipinski definition) is 2. The van der Waals surface area contributed by atoms with Crippen LogP contribution in [0.15, 0.2) is 297 Å². The second-order valence-electron chi connectivity index (χ2n) is 20.1. The molecule has 0 spiro atoms. The van der Waals surface area contributed by atoms with Crippen LogP contribution in [-0.2, 0) is 5.41 Å². The van der Waals surface area contributed by atoms with Crippen molar-refractivity contribution in [2.45, 2.75) is 5.41 Å². The normalized spacial score (nSPS) is 14.0. The fourth-order valence-corrected chi connectivity index (χ4v) is 12.8. The van der Waals surface area contributed by atoms with E-state index < -0.39 is 5.41 Å². The highest BCUT2D eigenvalue weighted by Gasteiger charge is 2.50. The molecule has 3 aliphatic rings. The molecule has 76 heavy (non-hydrogen) atoms. The van der Waals surface area contributed by atoms with Gasteiger partial charge in [0.15, 0.2) is 0 Å². The first-order valence-electron chi connectivity index (χ1n) is 28.1. The standard InChI is InChI=1S/C73H49BN2/c1-6-20-50(21-7-1)54-34-40-60(41-35-54)75-68-44-38-56(52-24-10-3-11-25-52)46-66(68)74-67-47-57(53-26-12-4-13-27-53)39-45-69(67)76(61-42-36-55(37-43-61)51-22-8-2-9-23-51)71-49-59(48-70(75)72(71)74)73(58-28-14-5-15-29-58)64-32-18-16-30-62(64)63-31-17-19-33-65(63)73/h1-49H/i10D,11D,12D,13D. The predicted octanol–water partition coefficient (Wildman–Crippen LogP) is 16.8. The predicted molar refractivity (Wildman–Crippen MR) is 320 cm³/mol. The summed E-state index contributed by atoms with van der Waals surface area (Å²) < 4.78 is 35.0. The van der Waals surface area contributed by atoms with Crippen LogP contribution in [0, 0.1) is 0 Å². The van der Waals surface area contributed by atoms with Crippen molar-refractivity contribution in [1.82, 2.24) is 0 Å². The fourth-order valence-electron chi connectivity index (χ4n) is 12.8. The summed E-state index contributed by atoms with van der Waals surface area (Å²) in [5.41, 5.74) is 23.9. The zero-order valence-electron chi connectivity index (χ0n) is 45.5. The van der Waals surface area contributed by atoms with Crippen LogP contribution in [0.2, 0.25) is 0 Å². The Labute approximate surface area is 450 Å². The maximum Gasteiger partial charge on any atom is 0.252 e. The summed E-state index contributed by atoms with van der Waals surface area (Å²) in [6, 6.07) is 98.0. The summed E-state index contributed by atoms with van der Waals surface area (Å²) in [6.45, 7) is -0.321. The monoisotopic (exact) mass is 968 g/mol. The van der Waals surface area contributed by atoms with E-state index in [4.69, 9.17) is 5.48 Å². The number of hydrogen-bond donors (Lipinski definition) is 0. The second kappa shape index (κ2) is 17.8. The summed E-state index contributed by atoms with van der Waals surface area (Å²) in [6.07, 6.45) is 0. The number of fused-ring (bicyclic) bond motifs is 7. The number of benzene rings is 12. The van der Waals surface area contributed by atoms with Gasteiger partial charge < -0.3 is 9.80 Å². The number of nitrogens with zero attached hydrogens (tertiary/aromatic N) is 2. The maximum atomic E-state index is 8.75. The quantitative estimate of drug-likeness (QED) is 0.140. The molecule has 2 heterocycles. The number of rotatable bonds is 8. The molecule has 12 aromatic rings. The molecule has 0 radical (unpaired) electrons. The third-order valence-electron chi connectivity index (χ3n) is 16.1. The lowest BCUT2D eigenvalue weighted by Crippen LogP contribution is -2.61. The summed E-state index contributed by atoms with van der Waals surface area (Å²) in [5, 5.41) is 0. The molecule has 1 aliphatic carbocycles. The van der Waals surface area contributed by atoms with E-state index in [0.717, 1.165) is 101 Å². The van der Waals surface area contributed by atoms with Crippen LogP contribution in [0.1, 0.15) is 27.7 Å². The molecule has 15 rings (SSSR count). The average Bonchev–Trinajstić information content (AvgIpc) is 3.97. The minimum atomic E-state index is -0.736. The van der Waals surface area contributed by atoms with Crippen LogP contribution < -0.4 is 26.2 Å². The molecule has 0 atom stereocenters. The van der Waals surface area contributed by atoms with Crippen molar-refractivity contribution in [3.05, 3.63) is 319 Å². The first-order valence-corrected chi connectivity index (χ1v) is 26.1. The van der Waals surface area contributed by atoms with Gasteiger partial charge in [0, 0.05) is 34.1 Å². The largest absolute Gasteiger partial charge is 0.311 e. The van der Waals surface area contributed by atoms with Gasteiger partial charge in [-0.05, 0) is 143 Å². The molecule has 0 saturated heterocycles. The molecule has 354 valence electrons. The average molecular weight is 969 g/mol. The number of anilines is 6. The Bertz CT molecular complexity index is 4120. The topological polar surface area (TPSA) is 6.48 Å². The van der Waals surface area contributed by atoms with E-state index in [9.17, 15) is 0 Å². The van der Waals surface area contributed by atoms with Crippen LogP contribution >= 0.6 is 0 Å². The lowest BCUT2D eigenvalue weighted by atomic mass is 9.33. The van der Waals surface area contributed by atoms with Gasteiger partial charge in [0.2, 0.25) is 0 Å². The maximum absolute atomic E-state index is 8.75. The molecule has 2 nitrogen and oxygen atoms in total. The molecule has 12 aromatic carbocycles. The lowest BCUT2D eigenvalue weighted by molar-refractivity contribution is 0.768. The molecule has 0 unspecified atom stereocenters. The fraction of sp³-hybridized carbons (Fsp3) is 0.0137. The van der Waals surface area contributed by atoms with Crippen molar-refractivity contribution in [2.75, 3.05) is 9.80 Å². The Morgan fingerprint density at radius 3 is 1.11 bits per heavy atom. The van der Waals surface area contributed by atoms with Gasteiger partial charge in [0.25, 0.3) is 6.71 Å². The first-order chi connectivity index (χ1) is 39.3. The molecule has 0 amide bonds. The Morgan fingerprint density at radius 2 is 0.658 bits per heavy atom. The van der Waals surface area contributed by atoms with Gasteiger partial charge in [0.1, 0.15) is 0 Å². The van der Waals surface area contributed by atoms with Crippen LogP contribution in [0.4, 0.5) is 34.1 Å². The third-order valence-corrected chi connectivity index (χ3v) is 16.1. The molecule has 0 aromatic heterocycles. The zero-order valence-corrected chi connectivity index (χ0v) is 41.5. The van der Waals surface area contributed by atoms with Crippen molar-refractivity contribution in [3.63, 3.8) is 0 Å². The summed E-state index contributed by atoms with van der Waals surface area (Å²) in [7, 11) is 0. The van der Waals surface area contributed by atoms with Crippen molar-refractivity contribution >= 4 is 57.2 Å². The van der Waals surface area contributed by atoms with Crippen molar-refractivity contribution in [1.29, 1.82) is 0 Å². The van der Waals surface area contributed by atoms with Crippen molar-refractivity contribution < 1.29 is 5.48 Å². The van der Waals surface area contributed by atoms with Crippen LogP contribution in [0.25, 0.3) is 55.6 Å². The van der Waals surface area contributed by atoms with E-state index in [1.54, 1.807) is 12.1 Å². The van der Waals surface area contributed by atoms with E-state index in [-0.39, 0.29) is 6.71 Å². The van der Waals surface area contributed by atoms with Crippen LogP contribution in [0.5, 0.6) is 0 Å². The Balaban J connectivity index is 1.08. The first kappa shape index (κ1) is 39.8. The van der Waals surface area contributed by atoms with Gasteiger partial charge in [-0.25, -0.2) is 0 Å². The smallest absolute Gasteiger partial charge is 0.252 e. The Hall–Kier alpha value is -9.70. The Morgan fingerprint density at radius 1 is 0.289 bits per heavy atom. The molecule has 0 bridgehead atoms. The summed E-state index contributed by atoms with van der Waals surface area (Å²) in [4.78, 5) is 4.94. The Kier molecular flexibility index (Phi) is 9.30. The van der Waals surface area contributed by atoms with E-state index in [0.29, 0.717) is 24.2 Å². The van der Waals surface area contributed by atoms with E-state index in [1.807, 2.05) is 24.3 Å². The minimum Gasteiger partial charge on any atom is -0.311 e. The highest BCUT2D eigenvalue weighted by molar-refractivity contribution is 7.00. The molecule has 0 saturated carbocycles. The van der Waals surface area contributed by atoms with Gasteiger partial charge in [-0.1, -0.05) is 249 Å². The SMILES string of the molecule is [2H]c1cc([2H])cc(-c2ccc3c(c2)B2c4cc(-c5cc([2H])cc([2H])c5)ccc4N(c4ccc(-c5ccccc5)cc4)c4cc(C5(c6ccccc6)c6ccccc6-c6ccccc65)cc(c42)N3c2ccc(-c3ccccc3)cc2)c1. The molecule has 2 aliphatic heterocycles. The molecule has 0 fully saturated rings.